The number of furan rings is 1. The Kier molecular flexibility index (Phi) is 3.08. The molecule has 1 aromatic carbocycles. The molecule has 8 heteroatoms. The number of halogens is 1. The van der Waals surface area contributed by atoms with E-state index in [0.29, 0.717) is 35.3 Å². The van der Waals surface area contributed by atoms with Crippen molar-refractivity contribution in [3.8, 4) is 0 Å². The van der Waals surface area contributed by atoms with Crippen LogP contribution in [-0.2, 0) is 19.1 Å². The Morgan fingerprint density at radius 1 is 1.25 bits per heavy atom. The first-order valence-electron chi connectivity index (χ1n) is 7.54. The Balaban J connectivity index is 1.91. The highest BCUT2D eigenvalue weighted by atomic mass is 19.1. The summed E-state index contributed by atoms with van der Waals surface area (Å²) in [5.74, 6) is -4.17. The van der Waals surface area contributed by atoms with Crippen molar-refractivity contribution in [1.29, 1.82) is 0 Å². The van der Waals surface area contributed by atoms with Crippen LogP contribution >= 0.6 is 0 Å². The van der Waals surface area contributed by atoms with E-state index in [1.54, 1.807) is 18.1 Å². The average molecular weight is 334 g/mol. The predicted molar refractivity (Wildman–Crippen MR) is 80.8 cm³/mol. The van der Waals surface area contributed by atoms with Crippen LogP contribution in [-0.4, -0.2) is 37.5 Å². The molecular formula is C16H15FN2O5. The zero-order valence-corrected chi connectivity index (χ0v) is 13.1. The summed E-state index contributed by atoms with van der Waals surface area (Å²) in [5, 5.41) is 3.68. The topological polar surface area (TPSA) is 81.0 Å². The van der Waals surface area contributed by atoms with Gasteiger partial charge in [0.15, 0.2) is 5.58 Å². The number of benzene rings is 1. The minimum Gasteiger partial charge on any atom is -0.462 e. The molecule has 7 nitrogen and oxygen atoms in total. The van der Waals surface area contributed by atoms with Crippen molar-refractivity contribution in [2.75, 3.05) is 24.5 Å². The number of carbonyl (C=O) groups is 2. The molecule has 0 saturated carbocycles. The molecule has 2 saturated heterocycles. The van der Waals surface area contributed by atoms with Gasteiger partial charge >= 0.3 is 17.8 Å². The van der Waals surface area contributed by atoms with E-state index >= 15 is 0 Å². The van der Waals surface area contributed by atoms with Crippen LogP contribution in [0.4, 0.5) is 10.1 Å². The van der Waals surface area contributed by atoms with E-state index in [9.17, 15) is 14.0 Å². The average Bonchev–Trinajstić information content (AvgIpc) is 3.05. The third-order valence-electron chi connectivity index (χ3n) is 4.44. The summed E-state index contributed by atoms with van der Waals surface area (Å²) in [6.07, 6.45) is 1.54. The van der Waals surface area contributed by atoms with E-state index in [0.717, 1.165) is 5.56 Å². The second-order valence-electron chi connectivity index (χ2n) is 5.95. The highest BCUT2D eigenvalue weighted by Gasteiger charge is 2.55. The van der Waals surface area contributed by atoms with Crippen LogP contribution < -0.4 is 10.2 Å². The van der Waals surface area contributed by atoms with Gasteiger partial charge in [-0.1, -0.05) is 0 Å². The Hall–Kier alpha value is -2.61. The van der Waals surface area contributed by atoms with Crippen molar-refractivity contribution < 1.29 is 27.9 Å². The van der Waals surface area contributed by atoms with Gasteiger partial charge in [-0.05, 0) is 25.0 Å². The van der Waals surface area contributed by atoms with Gasteiger partial charge in [-0.3, -0.25) is 4.90 Å². The van der Waals surface area contributed by atoms with Gasteiger partial charge in [0.25, 0.3) is 0 Å². The third-order valence-corrected chi connectivity index (χ3v) is 4.44. The van der Waals surface area contributed by atoms with E-state index in [1.807, 2.05) is 6.92 Å². The molecule has 2 aliphatic rings. The van der Waals surface area contributed by atoms with Crippen molar-refractivity contribution in [3.63, 3.8) is 0 Å². The molecule has 3 heterocycles. The molecule has 1 N–H and O–H groups in total. The first kappa shape index (κ1) is 14.9. The Labute approximate surface area is 136 Å². The fourth-order valence-electron chi connectivity index (χ4n) is 3.30. The molecule has 0 radical (unpaired) electrons. The van der Waals surface area contributed by atoms with E-state index < -0.39 is 23.7 Å². The molecule has 24 heavy (non-hydrogen) atoms. The lowest BCUT2D eigenvalue weighted by Gasteiger charge is -2.41. The molecule has 0 aliphatic carbocycles. The quantitative estimate of drug-likeness (QED) is 0.623. The van der Waals surface area contributed by atoms with Gasteiger partial charge < -0.3 is 19.2 Å². The Bertz CT molecular complexity index is 859. The largest absolute Gasteiger partial charge is 0.462 e. The van der Waals surface area contributed by atoms with Crippen molar-refractivity contribution in [2.45, 2.75) is 19.8 Å². The van der Waals surface area contributed by atoms with Crippen molar-refractivity contribution in [2.24, 2.45) is 0 Å². The molecule has 2 aliphatic heterocycles. The van der Waals surface area contributed by atoms with Crippen LogP contribution in [0.5, 0.6) is 0 Å². The van der Waals surface area contributed by atoms with Crippen molar-refractivity contribution in [1.82, 2.24) is 5.32 Å². The summed E-state index contributed by atoms with van der Waals surface area (Å²) in [7, 11) is 0. The molecule has 0 unspecified atom stereocenters. The summed E-state index contributed by atoms with van der Waals surface area (Å²) >= 11 is 0. The van der Waals surface area contributed by atoms with E-state index in [2.05, 4.69) is 5.32 Å². The number of carbonyl (C=O) groups excluding carboxylic acids is 2. The van der Waals surface area contributed by atoms with Gasteiger partial charge in [-0.2, -0.15) is 0 Å². The molecule has 2 fully saturated rings. The van der Waals surface area contributed by atoms with Crippen LogP contribution in [0, 0.1) is 19.7 Å². The van der Waals surface area contributed by atoms with Gasteiger partial charge in [-0.15, -0.1) is 0 Å². The second kappa shape index (κ2) is 4.94. The van der Waals surface area contributed by atoms with Crippen molar-refractivity contribution in [3.05, 3.63) is 29.3 Å². The standard InChI is InChI=1S/C16H15FN2O5/c1-8-6-22-13-11(5-10(17)9(2)12(8)13)19-4-3-18-7-16(19)23-14(20)15(21)24-16/h5-6,18H,3-4,7H2,1-2H3. The van der Waals surface area contributed by atoms with E-state index in [-0.39, 0.29) is 6.54 Å². The van der Waals surface area contributed by atoms with Crippen LogP contribution in [0.3, 0.4) is 0 Å². The molecular weight excluding hydrogens is 319 g/mol. The normalized spacial score (nSPS) is 19.9. The molecule has 1 spiro atoms. The van der Waals surface area contributed by atoms with Crippen molar-refractivity contribution >= 4 is 28.6 Å². The minimum atomic E-state index is -1.62. The van der Waals surface area contributed by atoms with Gasteiger partial charge in [0, 0.05) is 24.5 Å². The smallest absolute Gasteiger partial charge is 0.422 e. The van der Waals surface area contributed by atoms with Gasteiger partial charge in [-0.25, -0.2) is 14.0 Å². The minimum absolute atomic E-state index is 0.0845. The fraction of sp³-hybridized carbons (Fsp3) is 0.375. The number of ether oxygens (including phenoxy) is 2. The predicted octanol–water partition coefficient (Wildman–Crippen LogP) is 1.35. The first-order valence-corrected chi connectivity index (χ1v) is 7.54. The highest BCUT2D eigenvalue weighted by Crippen LogP contribution is 2.39. The lowest BCUT2D eigenvalue weighted by Crippen LogP contribution is -2.62. The summed E-state index contributed by atoms with van der Waals surface area (Å²) in [6.45, 7) is 4.48. The van der Waals surface area contributed by atoms with Gasteiger partial charge in [0.05, 0.1) is 18.5 Å². The lowest BCUT2D eigenvalue weighted by atomic mass is 10.1. The molecule has 4 rings (SSSR count). The molecule has 126 valence electrons. The summed E-state index contributed by atoms with van der Waals surface area (Å²) in [5.41, 5.74) is 2.12. The third kappa shape index (κ3) is 1.92. The Morgan fingerprint density at radius 2 is 1.96 bits per heavy atom. The molecule has 1 aromatic heterocycles. The van der Waals surface area contributed by atoms with Gasteiger partial charge in [0.1, 0.15) is 5.82 Å². The summed E-state index contributed by atoms with van der Waals surface area (Å²) in [4.78, 5) is 24.7. The fourth-order valence-corrected chi connectivity index (χ4v) is 3.30. The number of piperazine rings is 1. The lowest BCUT2D eigenvalue weighted by molar-refractivity contribution is -0.180. The number of esters is 2. The number of hydrogen-bond acceptors (Lipinski definition) is 7. The van der Waals surface area contributed by atoms with Crippen LogP contribution in [0.2, 0.25) is 0 Å². The number of nitrogens with zero attached hydrogens (tertiary/aromatic N) is 1. The highest BCUT2D eigenvalue weighted by molar-refractivity contribution is 6.31. The molecule has 2 aromatic rings. The maximum absolute atomic E-state index is 14.5. The summed E-state index contributed by atoms with van der Waals surface area (Å²) < 4.78 is 30.4. The number of hydrogen-bond donors (Lipinski definition) is 1. The zero-order valence-electron chi connectivity index (χ0n) is 13.1. The van der Waals surface area contributed by atoms with Crippen LogP contribution in [0.15, 0.2) is 16.7 Å². The SMILES string of the molecule is Cc1coc2c(N3CCNCC34OC(=O)C(=O)O4)cc(F)c(C)c12. The molecule has 0 atom stereocenters. The Morgan fingerprint density at radius 3 is 2.67 bits per heavy atom. The summed E-state index contributed by atoms with van der Waals surface area (Å²) in [6, 6.07) is 1.31. The first-order chi connectivity index (χ1) is 11.4. The second-order valence-corrected chi connectivity index (χ2v) is 5.95. The molecule has 0 amide bonds. The number of rotatable bonds is 1. The van der Waals surface area contributed by atoms with E-state index in [4.69, 9.17) is 13.9 Å². The van der Waals surface area contributed by atoms with Gasteiger partial charge in [0.2, 0.25) is 0 Å². The van der Waals surface area contributed by atoms with Crippen LogP contribution in [0.25, 0.3) is 11.0 Å². The number of nitrogens with one attached hydrogen (secondary N) is 1. The maximum Gasteiger partial charge on any atom is 0.422 e. The number of anilines is 1. The maximum atomic E-state index is 14.5. The van der Waals surface area contributed by atoms with E-state index in [1.165, 1.54) is 6.07 Å². The van der Waals surface area contributed by atoms with Crippen LogP contribution in [0.1, 0.15) is 11.1 Å². The number of fused-ring (bicyclic) bond motifs is 1. The zero-order chi connectivity index (χ0) is 17.1. The number of aryl methyl sites for hydroxylation is 2. The monoisotopic (exact) mass is 334 g/mol. The molecule has 0 bridgehead atoms.